The molecule has 0 radical (unpaired) electrons. The Morgan fingerprint density at radius 2 is 2.00 bits per heavy atom. The minimum Gasteiger partial charge on any atom is -0.381 e. The maximum absolute atomic E-state index is 5.48. The van der Waals surface area contributed by atoms with Crippen molar-refractivity contribution in [2.24, 2.45) is 11.3 Å². The second-order valence-corrected chi connectivity index (χ2v) is 5.36. The van der Waals surface area contributed by atoms with Crippen LogP contribution >= 0.6 is 0 Å². The van der Waals surface area contributed by atoms with E-state index in [1.54, 1.807) is 0 Å². The van der Waals surface area contributed by atoms with Crippen LogP contribution in [0.5, 0.6) is 0 Å². The van der Waals surface area contributed by atoms with Gasteiger partial charge in [0.15, 0.2) is 0 Å². The molecule has 0 aromatic carbocycles. The average molecular weight is 197 g/mol. The fourth-order valence-corrected chi connectivity index (χ4v) is 3.07. The molecule has 1 spiro atoms. The van der Waals surface area contributed by atoms with Gasteiger partial charge in [-0.3, -0.25) is 0 Å². The molecule has 2 heterocycles. The Balaban J connectivity index is 2.00. The lowest BCUT2D eigenvalue weighted by atomic mass is 9.72. The molecule has 1 unspecified atom stereocenters. The van der Waals surface area contributed by atoms with Gasteiger partial charge >= 0.3 is 0 Å². The smallest absolute Gasteiger partial charge is 0.0471 e. The minimum absolute atomic E-state index is 0.586. The van der Waals surface area contributed by atoms with Crippen LogP contribution in [0.25, 0.3) is 0 Å². The summed E-state index contributed by atoms with van der Waals surface area (Å²) in [6.45, 7) is 7.84. The Morgan fingerprint density at radius 1 is 1.29 bits per heavy atom. The molecule has 0 bridgehead atoms. The van der Waals surface area contributed by atoms with Gasteiger partial charge in [-0.05, 0) is 43.6 Å². The highest BCUT2D eigenvalue weighted by atomic mass is 16.5. The van der Waals surface area contributed by atoms with Crippen LogP contribution in [0.15, 0.2) is 0 Å². The quantitative estimate of drug-likeness (QED) is 0.732. The summed E-state index contributed by atoms with van der Waals surface area (Å²) < 4.78 is 5.48. The first-order valence-corrected chi connectivity index (χ1v) is 6.04. The van der Waals surface area contributed by atoms with Crippen LogP contribution in [-0.4, -0.2) is 25.8 Å². The third-order valence-corrected chi connectivity index (χ3v) is 3.95. The standard InChI is InChI=1S/C12H23NO/c1-10(2)9-11-12(3-6-13-11)4-7-14-8-5-12/h10-11,13H,3-9H2,1-2H3. The van der Waals surface area contributed by atoms with Gasteiger partial charge in [0.25, 0.3) is 0 Å². The van der Waals surface area contributed by atoms with E-state index >= 15 is 0 Å². The van der Waals surface area contributed by atoms with Crippen LogP contribution in [-0.2, 0) is 4.74 Å². The fraction of sp³-hybridized carbons (Fsp3) is 1.00. The van der Waals surface area contributed by atoms with Crippen LogP contribution in [0, 0.1) is 11.3 Å². The summed E-state index contributed by atoms with van der Waals surface area (Å²) in [5.41, 5.74) is 0.586. The Morgan fingerprint density at radius 3 is 2.64 bits per heavy atom. The minimum atomic E-state index is 0.586. The Kier molecular flexibility index (Phi) is 3.13. The molecule has 0 amide bonds. The highest BCUT2D eigenvalue weighted by Crippen LogP contribution is 2.42. The largest absolute Gasteiger partial charge is 0.381 e. The van der Waals surface area contributed by atoms with Crippen molar-refractivity contribution in [3.8, 4) is 0 Å². The van der Waals surface area contributed by atoms with E-state index in [1.807, 2.05) is 0 Å². The van der Waals surface area contributed by atoms with Crippen molar-refractivity contribution < 1.29 is 4.74 Å². The summed E-state index contributed by atoms with van der Waals surface area (Å²) in [6.07, 6.45) is 5.25. The van der Waals surface area contributed by atoms with Crippen molar-refractivity contribution in [3.05, 3.63) is 0 Å². The second-order valence-electron chi connectivity index (χ2n) is 5.36. The SMILES string of the molecule is CC(C)CC1NCCC12CCOCC2. The van der Waals surface area contributed by atoms with Gasteiger partial charge in [-0.1, -0.05) is 13.8 Å². The van der Waals surface area contributed by atoms with Gasteiger partial charge in [-0.2, -0.15) is 0 Å². The number of rotatable bonds is 2. The van der Waals surface area contributed by atoms with E-state index in [2.05, 4.69) is 19.2 Å². The van der Waals surface area contributed by atoms with E-state index in [1.165, 1.54) is 32.2 Å². The molecule has 0 saturated carbocycles. The van der Waals surface area contributed by atoms with Crippen LogP contribution in [0.3, 0.4) is 0 Å². The molecular formula is C12H23NO. The van der Waals surface area contributed by atoms with Gasteiger partial charge in [0.05, 0.1) is 0 Å². The zero-order valence-corrected chi connectivity index (χ0v) is 9.51. The van der Waals surface area contributed by atoms with Crippen molar-refractivity contribution in [2.75, 3.05) is 19.8 Å². The molecule has 1 atom stereocenters. The van der Waals surface area contributed by atoms with Crippen LogP contribution < -0.4 is 5.32 Å². The van der Waals surface area contributed by atoms with Crippen molar-refractivity contribution >= 4 is 0 Å². The van der Waals surface area contributed by atoms with Gasteiger partial charge in [0, 0.05) is 19.3 Å². The monoisotopic (exact) mass is 197 g/mol. The molecule has 2 saturated heterocycles. The van der Waals surface area contributed by atoms with Crippen LogP contribution in [0.2, 0.25) is 0 Å². The molecule has 14 heavy (non-hydrogen) atoms. The topological polar surface area (TPSA) is 21.3 Å². The molecule has 2 fully saturated rings. The summed E-state index contributed by atoms with van der Waals surface area (Å²) in [5, 5.41) is 3.69. The number of nitrogens with one attached hydrogen (secondary N) is 1. The molecule has 2 nitrogen and oxygen atoms in total. The Labute approximate surface area is 87.4 Å². The Hall–Kier alpha value is -0.0800. The van der Waals surface area contributed by atoms with Gasteiger partial charge in [-0.25, -0.2) is 0 Å². The zero-order valence-electron chi connectivity index (χ0n) is 9.51. The van der Waals surface area contributed by atoms with Crippen molar-refractivity contribution in [1.82, 2.24) is 5.32 Å². The molecule has 2 rings (SSSR count). The first-order valence-electron chi connectivity index (χ1n) is 6.04. The van der Waals surface area contributed by atoms with E-state index < -0.39 is 0 Å². The van der Waals surface area contributed by atoms with Crippen molar-refractivity contribution in [2.45, 2.75) is 45.6 Å². The number of hydrogen-bond donors (Lipinski definition) is 1. The van der Waals surface area contributed by atoms with E-state index in [-0.39, 0.29) is 0 Å². The molecule has 2 aliphatic rings. The lowest BCUT2D eigenvalue weighted by Gasteiger charge is -2.39. The Bertz CT molecular complexity index is 185. The molecular weight excluding hydrogens is 174 g/mol. The highest BCUT2D eigenvalue weighted by molar-refractivity contribution is 4.98. The van der Waals surface area contributed by atoms with Gasteiger partial charge in [0.1, 0.15) is 0 Å². The van der Waals surface area contributed by atoms with Gasteiger partial charge in [0.2, 0.25) is 0 Å². The molecule has 0 aromatic rings. The van der Waals surface area contributed by atoms with Crippen molar-refractivity contribution in [1.29, 1.82) is 0 Å². The maximum Gasteiger partial charge on any atom is 0.0471 e. The van der Waals surface area contributed by atoms with E-state index in [9.17, 15) is 0 Å². The van der Waals surface area contributed by atoms with Crippen LogP contribution in [0.4, 0.5) is 0 Å². The molecule has 0 aromatic heterocycles. The third kappa shape index (κ3) is 1.96. The summed E-state index contributed by atoms with van der Waals surface area (Å²) >= 11 is 0. The van der Waals surface area contributed by atoms with Crippen molar-refractivity contribution in [3.63, 3.8) is 0 Å². The molecule has 2 heteroatoms. The van der Waals surface area contributed by atoms with E-state index in [4.69, 9.17) is 4.74 Å². The summed E-state index contributed by atoms with van der Waals surface area (Å²) in [7, 11) is 0. The molecule has 1 N–H and O–H groups in total. The molecule has 0 aliphatic carbocycles. The number of hydrogen-bond acceptors (Lipinski definition) is 2. The first-order chi connectivity index (χ1) is 6.73. The van der Waals surface area contributed by atoms with Gasteiger partial charge in [-0.15, -0.1) is 0 Å². The zero-order chi connectivity index (χ0) is 10.0. The summed E-state index contributed by atoms with van der Waals surface area (Å²) in [4.78, 5) is 0. The maximum atomic E-state index is 5.48. The third-order valence-electron chi connectivity index (χ3n) is 3.95. The predicted octanol–water partition coefficient (Wildman–Crippen LogP) is 2.19. The van der Waals surface area contributed by atoms with Gasteiger partial charge < -0.3 is 10.1 Å². The van der Waals surface area contributed by atoms with E-state index in [0.717, 1.165) is 25.2 Å². The lowest BCUT2D eigenvalue weighted by Crippen LogP contribution is -2.41. The fourth-order valence-electron chi connectivity index (χ4n) is 3.07. The number of ether oxygens (including phenoxy) is 1. The average Bonchev–Trinajstić information content (AvgIpc) is 2.50. The normalized spacial score (nSPS) is 31.5. The highest BCUT2D eigenvalue weighted by Gasteiger charge is 2.43. The second kappa shape index (κ2) is 4.19. The lowest BCUT2D eigenvalue weighted by molar-refractivity contribution is 0.00512. The first kappa shape index (κ1) is 10.4. The molecule has 82 valence electrons. The summed E-state index contributed by atoms with van der Waals surface area (Å²) in [6, 6.07) is 0.756. The summed E-state index contributed by atoms with van der Waals surface area (Å²) in [5.74, 6) is 0.810. The predicted molar refractivity (Wildman–Crippen MR) is 58.3 cm³/mol. The van der Waals surface area contributed by atoms with Crippen LogP contribution in [0.1, 0.15) is 39.5 Å². The molecule has 2 aliphatic heterocycles. The van der Waals surface area contributed by atoms with E-state index in [0.29, 0.717) is 5.41 Å².